The van der Waals surface area contributed by atoms with Crippen molar-refractivity contribution in [1.82, 2.24) is 4.98 Å². The zero-order chi connectivity index (χ0) is 15.5. The lowest BCUT2D eigenvalue weighted by Crippen LogP contribution is -2.38. The number of pyridine rings is 1. The third-order valence-corrected chi connectivity index (χ3v) is 5.23. The number of alkyl halides is 2. The predicted octanol–water partition coefficient (Wildman–Crippen LogP) is 3.13. The highest BCUT2D eigenvalue weighted by molar-refractivity contribution is 7.92. The molecule has 4 nitrogen and oxygen atoms in total. The second-order valence-electron chi connectivity index (χ2n) is 4.68. The molecule has 0 saturated carbocycles. The first-order valence-corrected chi connectivity index (χ1v) is 8.62. The molecule has 2 aromatic rings. The van der Waals surface area contributed by atoms with Crippen LogP contribution < -0.4 is 4.31 Å². The van der Waals surface area contributed by atoms with Crippen molar-refractivity contribution in [3.05, 3.63) is 46.9 Å². The van der Waals surface area contributed by atoms with Gasteiger partial charge in [-0.15, -0.1) is 0 Å². The van der Waals surface area contributed by atoms with Gasteiger partial charge in [0.05, 0.1) is 18.4 Å². The SMILES string of the molecule is CC(F)(F)CS(=O)(=O)N(Cc1ccsc1)c1cccnc1. The van der Waals surface area contributed by atoms with E-state index < -0.39 is 21.7 Å². The minimum atomic E-state index is -4.16. The molecule has 0 N–H and O–H groups in total. The van der Waals surface area contributed by atoms with Gasteiger partial charge in [0.15, 0.2) is 0 Å². The van der Waals surface area contributed by atoms with E-state index in [-0.39, 0.29) is 12.2 Å². The number of hydrogen-bond acceptors (Lipinski definition) is 4. The molecule has 0 aliphatic rings. The van der Waals surface area contributed by atoms with E-state index in [9.17, 15) is 17.2 Å². The third kappa shape index (κ3) is 4.47. The van der Waals surface area contributed by atoms with Crippen LogP contribution in [0.25, 0.3) is 0 Å². The monoisotopic (exact) mass is 332 g/mol. The molecular weight excluding hydrogens is 318 g/mol. The molecule has 0 fully saturated rings. The Morgan fingerprint density at radius 2 is 2.14 bits per heavy atom. The minimum absolute atomic E-state index is 0.00755. The van der Waals surface area contributed by atoms with Crippen molar-refractivity contribution in [2.45, 2.75) is 19.4 Å². The number of sulfonamides is 1. The lowest BCUT2D eigenvalue weighted by Gasteiger charge is -2.25. The van der Waals surface area contributed by atoms with Crippen LogP contribution in [0.1, 0.15) is 12.5 Å². The summed E-state index contributed by atoms with van der Waals surface area (Å²) in [5.74, 6) is -4.53. The van der Waals surface area contributed by atoms with Crippen molar-refractivity contribution in [3.8, 4) is 0 Å². The highest BCUT2D eigenvalue weighted by Gasteiger charge is 2.34. The summed E-state index contributed by atoms with van der Waals surface area (Å²) in [5, 5.41) is 3.58. The van der Waals surface area contributed by atoms with Gasteiger partial charge in [-0.2, -0.15) is 11.3 Å². The van der Waals surface area contributed by atoms with Gasteiger partial charge in [-0.05, 0) is 34.5 Å². The molecule has 0 atom stereocenters. The normalized spacial score (nSPS) is 12.3. The van der Waals surface area contributed by atoms with Crippen LogP contribution in [0.2, 0.25) is 0 Å². The van der Waals surface area contributed by atoms with E-state index in [1.165, 1.54) is 29.8 Å². The van der Waals surface area contributed by atoms with E-state index in [1.54, 1.807) is 22.9 Å². The van der Waals surface area contributed by atoms with Crippen molar-refractivity contribution >= 4 is 27.0 Å². The summed E-state index contributed by atoms with van der Waals surface area (Å²) in [4.78, 5) is 3.85. The number of hydrogen-bond donors (Lipinski definition) is 0. The maximum Gasteiger partial charge on any atom is 0.261 e. The quantitative estimate of drug-likeness (QED) is 0.816. The molecule has 0 radical (unpaired) electrons. The maximum absolute atomic E-state index is 13.2. The molecule has 0 amide bonds. The highest BCUT2D eigenvalue weighted by Crippen LogP contribution is 2.25. The van der Waals surface area contributed by atoms with Crippen LogP contribution in [0.4, 0.5) is 14.5 Å². The molecule has 8 heteroatoms. The van der Waals surface area contributed by atoms with Gasteiger partial charge in [0, 0.05) is 13.1 Å². The number of halogens is 2. The molecule has 2 heterocycles. The Morgan fingerprint density at radius 3 is 2.67 bits per heavy atom. The topological polar surface area (TPSA) is 50.3 Å². The van der Waals surface area contributed by atoms with Crippen LogP contribution in [-0.2, 0) is 16.6 Å². The van der Waals surface area contributed by atoms with Gasteiger partial charge in [-0.3, -0.25) is 9.29 Å². The third-order valence-electron chi connectivity index (χ3n) is 2.61. The smallest absolute Gasteiger partial charge is 0.261 e. The first-order valence-electron chi connectivity index (χ1n) is 6.07. The van der Waals surface area contributed by atoms with Gasteiger partial charge in [0.2, 0.25) is 10.0 Å². The van der Waals surface area contributed by atoms with Gasteiger partial charge < -0.3 is 0 Å². The van der Waals surface area contributed by atoms with Gasteiger partial charge in [0.1, 0.15) is 5.75 Å². The lowest BCUT2D eigenvalue weighted by molar-refractivity contribution is 0.0473. The average Bonchev–Trinajstić information content (AvgIpc) is 2.87. The van der Waals surface area contributed by atoms with Crippen LogP contribution >= 0.6 is 11.3 Å². The molecule has 0 aromatic carbocycles. The molecule has 2 rings (SSSR count). The number of rotatable bonds is 6. The van der Waals surface area contributed by atoms with E-state index in [0.717, 1.165) is 9.87 Å². The van der Waals surface area contributed by atoms with Crippen LogP contribution in [-0.4, -0.2) is 25.1 Å². The summed E-state index contributed by atoms with van der Waals surface area (Å²) in [6.45, 7) is 0.601. The Kier molecular flexibility index (Phi) is 4.58. The van der Waals surface area contributed by atoms with E-state index in [4.69, 9.17) is 0 Å². The Morgan fingerprint density at radius 1 is 1.38 bits per heavy atom. The Hall–Kier alpha value is -1.54. The standard InChI is InChI=1S/C13H14F2N2O2S2/c1-13(14,15)10-21(18,19)17(8-11-4-6-20-9-11)12-3-2-5-16-7-12/h2-7,9H,8,10H2,1H3. The molecular formula is C13H14F2N2O2S2. The van der Waals surface area contributed by atoms with Crippen molar-refractivity contribution < 1.29 is 17.2 Å². The van der Waals surface area contributed by atoms with Crippen molar-refractivity contribution in [1.29, 1.82) is 0 Å². The second kappa shape index (κ2) is 6.07. The fourth-order valence-electron chi connectivity index (χ4n) is 1.80. The number of nitrogens with zero attached hydrogens (tertiary/aromatic N) is 2. The maximum atomic E-state index is 13.2. The molecule has 0 bridgehead atoms. The summed E-state index contributed by atoms with van der Waals surface area (Å²) in [7, 11) is -4.16. The van der Waals surface area contributed by atoms with Crippen molar-refractivity contribution in [3.63, 3.8) is 0 Å². The average molecular weight is 332 g/mol. The van der Waals surface area contributed by atoms with Gasteiger partial charge in [0.25, 0.3) is 5.92 Å². The minimum Gasteiger partial charge on any atom is -0.264 e. The lowest BCUT2D eigenvalue weighted by atomic mass is 10.3. The highest BCUT2D eigenvalue weighted by atomic mass is 32.2. The summed E-state index contributed by atoms with van der Waals surface area (Å²) < 4.78 is 51.9. The zero-order valence-electron chi connectivity index (χ0n) is 11.2. The summed E-state index contributed by atoms with van der Waals surface area (Å²) in [6, 6.07) is 4.86. The Bertz CT molecular complexity index is 668. The van der Waals surface area contributed by atoms with E-state index in [1.807, 2.05) is 0 Å². The summed E-state index contributed by atoms with van der Waals surface area (Å²) in [5.41, 5.74) is 1.01. The molecule has 2 aromatic heterocycles. The van der Waals surface area contributed by atoms with E-state index in [2.05, 4.69) is 4.98 Å². The Balaban J connectivity index is 2.36. The van der Waals surface area contributed by atoms with E-state index in [0.29, 0.717) is 6.92 Å². The summed E-state index contributed by atoms with van der Waals surface area (Å²) in [6.07, 6.45) is 2.84. The number of aromatic nitrogens is 1. The van der Waals surface area contributed by atoms with Crippen molar-refractivity contribution in [2.75, 3.05) is 10.1 Å². The molecule has 114 valence electrons. The van der Waals surface area contributed by atoms with Crippen molar-refractivity contribution in [2.24, 2.45) is 0 Å². The van der Waals surface area contributed by atoms with Gasteiger partial charge in [-0.1, -0.05) is 0 Å². The Labute approximate surface area is 126 Å². The molecule has 0 spiro atoms. The fourth-order valence-corrected chi connectivity index (χ4v) is 4.03. The first kappa shape index (κ1) is 15.8. The fraction of sp³-hybridized carbons (Fsp3) is 0.308. The molecule has 0 aliphatic heterocycles. The van der Waals surface area contributed by atoms with Gasteiger partial charge >= 0.3 is 0 Å². The zero-order valence-corrected chi connectivity index (χ0v) is 12.9. The molecule has 0 aliphatic carbocycles. The van der Waals surface area contributed by atoms with E-state index >= 15 is 0 Å². The second-order valence-corrected chi connectivity index (χ2v) is 7.35. The van der Waals surface area contributed by atoms with Gasteiger partial charge in [-0.25, -0.2) is 17.2 Å². The van der Waals surface area contributed by atoms with Crippen LogP contribution in [0.5, 0.6) is 0 Å². The van der Waals surface area contributed by atoms with Crippen LogP contribution in [0.15, 0.2) is 41.4 Å². The molecule has 0 unspecified atom stereocenters. The number of anilines is 1. The molecule has 21 heavy (non-hydrogen) atoms. The van der Waals surface area contributed by atoms with Crippen LogP contribution in [0.3, 0.4) is 0 Å². The first-order chi connectivity index (χ1) is 9.78. The molecule has 0 saturated heterocycles. The largest absolute Gasteiger partial charge is 0.264 e. The predicted molar refractivity (Wildman–Crippen MR) is 79.1 cm³/mol. The summed E-state index contributed by atoms with van der Waals surface area (Å²) >= 11 is 1.42. The van der Waals surface area contributed by atoms with Crippen LogP contribution in [0, 0.1) is 0 Å². The number of thiophene rings is 1.